The molecular formula is C19H21FN6O. The molecule has 1 aromatic carbocycles. The van der Waals surface area contributed by atoms with E-state index in [4.69, 9.17) is 10.7 Å². The number of hydrogen-bond acceptors (Lipinski definition) is 6. The lowest BCUT2D eigenvalue weighted by Gasteiger charge is -2.22. The Kier molecular flexibility index (Phi) is 4.99. The molecular weight excluding hydrogens is 347 g/mol. The van der Waals surface area contributed by atoms with Gasteiger partial charge in [-0.15, -0.1) is 0 Å². The maximum absolute atomic E-state index is 14.3. The Morgan fingerprint density at radius 1 is 1.22 bits per heavy atom. The van der Waals surface area contributed by atoms with Gasteiger partial charge in [0.2, 0.25) is 0 Å². The zero-order valence-electron chi connectivity index (χ0n) is 14.8. The number of nitrogens with one attached hydrogen (secondary N) is 1. The first-order chi connectivity index (χ1) is 13.2. The molecule has 0 radical (unpaired) electrons. The number of benzene rings is 1. The van der Waals surface area contributed by atoms with Crippen molar-refractivity contribution < 1.29 is 9.23 Å². The first kappa shape index (κ1) is 17.4. The minimum absolute atomic E-state index is 0.345. The Labute approximate surface area is 156 Å². The van der Waals surface area contributed by atoms with Gasteiger partial charge in [-0.3, -0.25) is 4.90 Å². The average Bonchev–Trinajstić information content (AvgIpc) is 3.12. The summed E-state index contributed by atoms with van der Waals surface area (Å²) >= 11 is 0. The zero-order chi connectivity index (χ0) is 18.6. The molecule has 8 heteroatoms. The molecule has 7 nitrogen and oxygen atoms in total. The van der Waals surface area contributed by atoms with Crippen molar-refractivity contribution in [3.05, 3.63) is 54.6 Å². The molecule has 140 valence electrons. The molecule has 0 spiro atoms. The summed E-state index contributed by atoms with van der Waals surface area (Å²) in [5.41, 5.74) is 1.49. The standard InChI is InChI=1S/C19H21FN6O/c20-17-5-4-14(27-21)12-15(17)16-13-23-26-10-6-18(24-19(16)26)22-7-11-25-8-2-1-3-9-25/h1-2,4-6,10,12-13H,3,7-9,11,21H2,(H,22,24). The molecule has 2 aromatic heterocycles. The molecule has 0 unspecified atom stereocenters. The van der Waals surface area contributed by atoms with Crippen molar-refractivity contribution in [2.24, 2.45) is 5.90 Å². The molecule has 0 amide bonds. The van der Waals surface area contributed by atoms with Crippen LogP contribution in [-0.2, 0) is 0 Å². The topological polar surface area (TPSA) is 80.7 Å². The van der Waals surface area contributed by atoms with Gasteiger partial charge in [-0.1, -0.05) is 12.2 Å². The van der Waals surface area contributed by atoms with Gasteiger partial charge in [-0.05, 0) is 30.7 Å². The van der Waals surface area contributed by atoms with E-state index in [1.54, 1.807) is 16.9 Å². The summed E-state index contributed by atoms with van der Waals surface area (Å²) in [7, 11) is 0. The third-order valence-electron chi connectivity index (χ3n) is 4.61. The van der Waals surface area contributed by atoms with Crippen LogP contribution < -0.4 is 16.1 Å². The van der Waals surface area contributed by atoms with E-state index in [-0.39, 0.29) is 5.82 Å². The summed E-state index contributed by atoms with van der Waals surface area (Å²) in [5.74, 6) is 5.91. The lowest BCUT2D eigenvalue weighted by atomic mass is 10.1. The molecule has 0 aliphatic carbocycles. The fourth-order valence-corrected chi connectivity index (χ4v) is 3.18. The van der Waals surface area contributed by atoms with Gasteiger partial charge in [0.05, 0.1) is 6.20 Å². The molecule has 27 heavy (non-hydrogen) atoms. The van der Waals surface area contributed by atoms with Crippen molar-refractivity contribution in [2.75, 3.05) is 31.5 Å². The second kappa shape index (κ2) is 7.73. The van der Waals surface area contributed by atoms with Gasteiger partial charge < -0.3 is 10.2 Å². The van der Waals surface area contributed by atoms with Crippen LogP contribution >= 0.6 is 0 Å². The maximum atomic E-state index is 14.3. The number of nitrogens with zero attached hydrogens (tertiary/aromatic N) is 4. The summed E-state index contributed by atoms with van der Waals surface area (Å²) in [4.78, 5) is 11.7. The summed E-state index contributed by atoms with van der Waals surface area (Å²) in [6.07, 6.45) is 8.90. The predicted octanol–water partition coefficient (Wildman–Crippen LogP) is 2.46. The summed E-state index contributed by atoms with van der Waals surface area (Å²) in [6.45, 7) is 3.79. The molecule has 3 N–H and O–H groups in total. The molecule has 4 rings (SSSR count). The lowest BCUT2D eigenvalue weighted by molar-refractivity contribution is 0.310. The van der Waals surface area contributed by atoms with Gasteiger partial charge in [0.25, 0.3) is 0 Å². The highest BCUT2D eigenvalue weighted by Crippen LogP contribution is 2.29. The molecule has 0 atom stereocenters. The monoisotopic (exact) mass is 368 g/mol. The Bertz CT molecular complexity index is 970. The van der Waals surface area contributed by atoms with Crippen LogP contribution in [0.1, 0.15) is 6.42 Å². The molecule has 0 fully saturated rings. The second-order valence-corrected chi connectivity index (χ2v) is 6.39. The molecule has 1 aliphatic heterocycles. The van der Waals surface area contributed by atoms with E-state index in [0.717, 1.165) is 38.4 Å². The SMILES string of the molecule is NOc1ccc(F)c(-c2cnn3ccc(NCCN4CC=CCC4)nc23)c1. The highest BCUT2D eigenvalue weighted by atomic mass is 19.1. The Morgan fingerprint density at radius 2 is 2.15 bits per heavy atom. The van der Waals surface area contributed by atoms with Crippen LogP contribution in [-0.4, -0.2) is 45.7 Å². The van der Waals surface area contributed by atoms with Crippen molar-refractivity contribution in [2.45, 2.75) is 6.42 Å². The van der Waals surface area contributed by atoms with E-state index in [2.05, 4.69) is 32.5 Å². The number of aromatic nitrogens is 3. The minimum atomic E-state index is -0.385. The van der Waals surface area contributed by atoms with Crippen LogP contribution in [0, 0.1) is 5.82 Å². The van der Waals surface area contributed by atoms with Gasteiger partial charge in [0.1, 0.15) is 17.4 Å². The van der Waals surface area contributed by atoms with E-state index in [0.29, 0.717) is 22.5 Å². The van der Waals surface area contributed by atoms with Crippen LogP contribution in [0.15, 0.2) is 48.8 Å². The van der Waals surface area contributed by atoms with Crippen molar-refractivity contribution in [1.82, 2.24) is 19.5 Å². The summed E-state index contributed by atoms with van der Waals surface area (Å²) in [5, 5.41) is 7.59. The average molecular weight is 368 g/mol. The Morgan fingerprint density at radius 3 is 2.96 bits per heavy atom. The van der Waals surface area contributed by atoms with E-state index < -0.39 is 0 Å². The molecule has 0 saturated heterocycles. The minimum Gasteiger partial charge on any atom is -0.412 e. The second-order valence-electron chi connectivity index (χ2n) is 6.39. The molecule has 3 heterocycles. The lowest BCUT2D eigenvalue weighted by Crippen LogP contribution is -2.32. The quantitative estimate of drug-likeness (QED) is 0.514. The first-order valence-corrected chi connectivity index (χ1v) is 8.87. The van der Waals surface area contributed by atoms with Crippen LogP contribution in [0.2, 0.25) is 0 Å². The van der Waals surface area contributed by atoms with Crippen molar-refractivity contribution in [3.63, 3.8) is 0 Å². The fraction of sp³-hybridized carbons (Fsp3) is 0.263. The van der Waals surface area contributed by atoms with Crippen LogP contribution in [0.3, 0.4) is 0 Å². The summed E-state index contributed by atoms with van der Waals surface area (Å²) < 4.78 is 15.9. The summed E-state index contributed by atoms with van der Waals surface area (Å²) in [6, 6.07) is 6.19. The fourth-order valence-electron chi connectivity index (χ4n) is 3.18. The first-order valence-electron chi connectivity index (χ1n) is 8.87. The number of fused-ring (bicyclic) bond motifs is 1. The van der Waals surface area contributed by atoms with Crippen molar-refractivity contribution in [1.29, 1.82) is 0 Å². The third-order valence-corrected chi connectivity index (χ3v) is 4.61. The maximum Gasteiger partial charge on any atom is 0.165 e. The van der Waals surface area contributed by atoms with E-state index in [1.807, 2.05) is 6.07 Å². The van der Waals surface area contributed by atoms with Crippen LogP contribution in [0.25, 0.3) is 16.8 Å². The van der Waals surface area contributed by atoms with Gasteiger partial charge >= 0.3 is 0 Å². The molecule has 3 aromatic rings. The number of rotatable bonds is 6. The Balaban J connectivity index is 1.55. The predicted molar refractivity (Wildman–Crippen MR) is 102 cm³/mol. The van der Waals surface area contributed by atoms with E-state index in [1.165, 1.54) is 18.2 Å². The zero-order valence-corrected chi connectivity index (χ0v) is 14.8. The van der Waals surface area contributed by atoms with Crippen molar-refractivity contribution >= 4 is 11.5 Å². The largest absolute Gasteiger partial charge is 0.412 e. The number of hydrogen-bond donors (Lipinski definition) is 2. The molecule has 1 aliphatic rings. The highest BCUT2D eigenvalue weighted by Gasteiger charge is 2.14. The smallest absolute Gasteiger partial charge is 0.165 e. The van der Waals surface area contributed by atoms with Crippen molar-refractivity contribution in [3.8, 4) is 16.9 Å². The third kappa shape index (κ3) is 3.76. The number of nitrogens with two attached hydrogens (primary N) is 1. The van der Waals surface area contributed by atoms with Gasteiger partial charge in [-0.25, -0.2) is 13.9 Å². The van der Waals surface area contributed by atoms with Gasteiger partial charge in [0.15, 0.2) is 5.65 Å². The van der Waals surface area contributed by atoms with E-state index in [9.17, 15) is 4.39 Å². The number of anilines is 1. The van der Waals surface area contributed by atoms with Gasteiger partial charge in [0, 0.05) is 43.5 Å². The van der Waals surface area contributed by atoms with Crippen LogP contribution in [0.5, 0.6) is 5.75 Å². The number of halogens is 1. The van der Waals surface area contributed by atoms with Gasteiger partial charge in [-0.2, -0.15) is 11.0 Å². The molecule has 0 bridgehead atoms. The molecule has 0 saturated carbocycles. The highest BCUT2D eigenvalue weighted by molar-refractivity contribution is 5.78. The Hall–Kier alpha value is -2.97. The van der Waals surface area contributed by atoms with E-state index >= 15 is 0 Å². The normalized spacial score (nSPS) is 14.6. The van der Waals surface area contributed by atoms with Crippen LogP contribution in [0.4, 0.5) is 10.2 Å².